The molecule has 0 bridgehead atoms. The van der Waals surface area contributed by atoms with Crippen molar-refractivity contribution in [2.45, 2.75) is 59.2 Å². The Kier molecular flexibility index (Phi) is 4.52. The molecule has 0 aliphatic heterocycles. The molecule has 0 saturated heterocycles. The molecule has 0 spiro atoms. The molecule has 6 heteroatoms. The van der Waals surface area contributed by atoms with Gasteiger partial charge in [-0.05, 0) is 36.7 Å². The van der Waals surface area contributed by atoms with Gasteiger partial charge in [-0.25, -0.2) is 4.68 Å². The molecular formula is C13H25N5O. The largest absolute Gasteiger partial charge is 0.378 e. The summed E-state index contributed by atoms with van der Waals surface area (Å²) in [5, 5.41) is 15.5. The molecule has 19 heavy (non-hydrogen) atoms. The van der Waals surface area contributed by atoms with Gasteiger partial charge >= 0.3 is 0 Å². The summed E-state index contributed by atoms with van der Waals surface area (Å²) in [6, 6.07) is 0.331. The van der Waals surface area contributed by atoms with Crippen LogP contribution in [0, 0.1) is 5.41 Å². The molecule has 1 aliphatic rings. The zero-order valence-corrected chi connectivity index (χ0v) is 12.4. The lowest BCUT2D eigenvalue weighted by Gasteiger charge is -2.51. The molecule has 2 unspecified atom stereocenters. The fourth-order valence-electron chi connectivity index (χ4n) is 2.71. The number of nitrogens with zero attached hydrogens (tertiary/aromatic N) is 4. The smallest absolute Gasteiger partial charge is 0.165 e. The highest BCUT2D eigenvalue weighted by Gasteiger charge is 2.51. The summed E-state index contributed by atoms with van der Waals surface area (Å²) >= 11 is 0. The summed E-state index contributed by atoms with van der Waals surface area (Å²) in [5.41, 5.74) is 0.0882. The van der Waals surface area contributed by atoms with Crippen LogP contribution in [0.5, 0.6) is 0 Å². The minimum absolute atomic E-state index is 0.0882. The second-order valence-corrected chi connectivity index (χ2v) is 5.73. The van der Waals surface area contributed by atoms with Crippen LogP contribution in [0.1, 0.15) is 52.4 Å². The molecule has 1 aromatic rings. The second-order valence-electron chi connectivity index (χ2n) is 5.73. The molecule has 1 fully saturated rings. The lowest BCUT2D eigenvalue weighted by atomic mass is 9.64. The van der Waals surface area contributed by atoms with E-state index in [2.05, 4.69) is 41.6 Å². The van der Waals surface area contributed by atoms with E-state index in [1.807, 2.05) is 11.6 Å². The normalized spacial score (nSPS) is 25.3. The fourth-order valence-corrected chi connectivity index (χ4v) is 2.71. The van der Waals surface area contributed by atoms with Crippen LogP contribution in [0.4, 0.5) is 0 Å². The van der Waals surface area contributed by atoms with Crippen LogP contribution >= 0.6 is 0 Å². The topological polar surface area (TPSA) is 64.9 Å². The predicted octanol–water partition coefficient (Wildman–Crippen LogP) is 1.55. The van der Waals surface area contributed by atoms with Gasteiger partial charge in [0.1, 0.15) is 0 Å². The predicted molar refractivity (Wildman–Crippen MR) is 72.7 cm³/mol. The highest BCUT2D eigenvalue weighted by molar-refractivity contribution is 5.03. The Morgan fingerprint density at radius 2 is 2.21 bits per heavy atom. The van der Waals surface area contributed by atoms with Gasteiger partial charge in [0, 0.05) is 12.0 Å². The molecule has 1 saturated carbocycles. The van der Waals surface area contributed by atoms with Gasteiger partial charge < -0.3 is 10.1 Å². The van der Waals surface area contributed by atoms with Crippen molar-refractivity contribution in [3.8, 4) is 0 Å². The zero-order chi connectivity index (χ0) is 13.9. The van der Waals surface area contributed by atoms with Crippen molar-refractivity contribution in [1.29, 1.82) is 0 Å². The highest BCUT2D eigenvalue weighted by Crippen LogP contribution is 2.51. The standard InChI is InChI=1S/C13H25N5O/c1-5-7-14-9-12-15-16-17-18(12)10-8-11(19-6-2)13(10,3)4/h10-11,14H,5-9H2,1-4H3. The lowest BCUT2D eigenvalue weighted by molar-refractivity contribution is -0.132. The van der Waals surface area contributed by atoms with E-state index in [0.717, 1.165) is 38.4 Å². The van der Waals surface area contributed by atoms with Gasteiger partial charge in [-0.3, -0.25) is 0 Å². The number of ether oxygens (including phenoxy) is 1. The maximum Gasteiger partial charge on any atom is 0.165 e. The van der Waals surface area contributed by atoms with Crippen LogP contribution in [0.3, 0.4) is 0 Å². The SMILES string of the molecule is CCCNCc1nnnn1C1CC(OCC)C1(C)C. The van der Waals surface area contributed by atoms with Crippen molar-refractivity contribution < 1.29 is 4.74 Å². The van der Waals surface area contributed by atoms with Gasteiger partial charge in [0.05, 0.1) is 18.7 Å². The number of aromatic nitrogens is 4. The molecule has 6 nitrogen and oxygen atoms in total. The summed E-state index contributed by atoms with van der Waals surface area (Å²) in [5.74, 6) is 0.918. The zero-order valence-electron chi connectivity index (χ0n) is 12.4. The monoisotopic (exact) mass is 267 g/mol. The summed E-state index contributed by atoms with van der Waals surface area (Å²) in [6.07, 6.45) is 2.42. The van der Waals surface area contributed by atoms with E-state index in [1.165, 1.54) is 0 Å². The Hall–Kier alpha value is -1.01. The second kappa shape index (κ2) is 5.96. The molecular weight excluding hydrogens is 242 g/mol. The Bertz CT molecular complexity index is 403. The Morgan fingerprint density at radius 3 is 2.84 bits per heavy atom. The quantitative estimate of drug-likeness (QED) is 0.759. The van der Waals surface area contributed by atoms with Crippen molar-refractivity contribution in [3.05, 3.63) is 5.82 Å². The Labute approximate surface area is 114 Å². The highest BCUT2D eigenvalue weighted by atomic mass is 16.5. The van der Waals surface area contributed by atoms with Gasteiger partial charge in [0.2, 0.25) is 0 Å². The van der Waals surface area contributed by atoms with Gasteiger partial charge in [0.15, 0.2) is 5.82 Å². The average Bonchev–Trinajstić information content (AvgIpc) is 2.82. The maximum atomic E-state index is 5.76. The molecule has 1 aliphatic carbocycles. The molecule has 2 rings (SSSR count). The van der Waals surface area contributed by atoms with E-state index < -0.39 is 0 Å². The van der Waals surface area contributed by atoms with Gasteiger partial charge in [-0.15, -0.1) is 5.10 Å². The Morgan fingerprint density at radius 1 is 1.42 bits per heavy atom. The maximum absolute atomic E-state index is 5.76. The van der Waals surface area contributed by atoms with Crippen molar-refractivity contribution in [2.75, 3.05) is 13.2 Å². The third-order valence-electron chi connectivity index (χ3n) is 4.06. The first-order valence-electron chi connectivity index (χ1n) is 7.20. The van der Waals surface area contributed by atoms with Gasteiger partial charge in [-0.1, -0.05) is 20.8 Å². The summed E-state index contributed by atoms with van der Waals surface area (Å²) < 4.78 is 7.73. The molecule has 1 N–H and O–H groups in total. The number of nitrogens with one attached hydrogen (secondary N) is 1. The minimum atomic E-state index is 0.0882. The number of tetrazole rings is 1. The van der Waals surface area contributed by atoms with Crippen LogP contribution in [0.2, 0.25) is 0 Å². The number of rotatable bonds is 7. The van der Waals surface area contributed by atoms with E-state index in [0.29, 0.717) is 12.1 Å². The van der Waals surface area contributed by atoms with E-state index in [-0.39, 0.29) is 5.41 Å². The molecule has 0 amide bonds. The van der Waals surface area contributed by atoms with Crippen LogP contribution in [-0.4, -0.2) is 39.5 Å². The van der Waals surface area contributed by atoms with Crippen LogP contribution in [0.25, 0.3) is 0 Å². The molecule has 108 valence electrons. The van der Waals surface area contributed by atoms with Crippen LogP contribution in [-0.2, 0) is 11.3 Å². The summed E-state index contributed by atoms with van der Waals surface area (Å²) in [6.45, 7) is 11.1. The van der Waals surface area contributed by atoms with E-state index >= 15 is 0 Å². The molecule has 0 aromatic carbocycles. The molecule has 1 aromatic heterocycles. The lowest BCUT2D eigenvalue weighted by Crippen LogP contribution is -2.52. The molecule has 1 heterocycles. The Balaban J connectivity index is 2.01. The van der Waals surface area contributed by atoms with Gasteiger partial charge in [0.25, 0.3) is 0 Å². The van der Waals surface area contributed by atoms with Gasteiger partial charge in [-0.2, -0.15) is 0 Å². The third kappa shape index (κ3) is 2.79. The first kappa shape index (κ1) is 14.4. The molecule has 2 atom stereocenters. The van der Waals surface area contributed by atoms with Crippen molar-refractivity contribution in [2.24, 2.45) is 5.41 Å². The molecule has 0 radical (unpaired) electrons. The first-order valence-corrected chi connectivity index (χ1v) is 7.20. The van der Waals surface area contributed by atoms with Crippen LogP contribution in [0.15, 0.2) is 0 Å². The summed E-state index contributed by atoms with van der Waals surface area (Å²) in [4.78, 5) is 0. The van der Waals surface area contributed by atoms with Crippen molar-refractivity contribution in [1.82, 2.24) is 25.5 Å². The third-order valence-corrected chi connectivity index (χ3v) is 4.06. The number of hydrogen-bond donors (Lipinski definition) is 1. The van der Waals surface area contributed by atoms with Crippen molar-refractivity contribution >= 4 is 0 Å². The van der Waals surface area contributed by atoms with E-state index in [1.54, 1.807) is 0 Å². The van der Waals surface area contributed by atoms with Crippen molar-refractivity contribution in [3.63, 3.8) is 0 Å². The van der Waals surface area contributed by atoms with E-state index in [9.17, 15) is 0 Å². The minimum Gasteiger partial charge on any atom is -0.378 e. The first-order chi connectivity index (χ1) is 9.11. The van der Waals surface area contributed by atoms with Crippen LogP contribution < -0.4 is 5.32 Å². The summed E-state index contributed by atoms with van der Waals surface area (Å²) in [7, 11) is 0. The fraction of sp³-hybridized carbons (Fsp3) is 0.923. The average molecular weight is 267 g/mol. The van der Waals surface area contributed by atoms with E-state index in [4.69, 9.17) is 4.74 Å². The number of hydrogen-bond acceptors (Lipinski definition) is 5.